The van der Waals surface area contributed by atoms with E-state index < -0.39 is 11.0 Å². The van der Waals surface area contributed by atoms with Gasteiger partial charge in [0.05, 0.1) is 24.1 Å². The standard InChI is InChI=1S/C25H32N2O4/c1-7-15(2)16-14-19-25(12-13-27(19)23(29)31-24(3,4)5)17-10-8-9-11-18(17)26-21(25)20(16)22(28)30-6/h8-11,16,19,26H,2,7,12-14H2,1,3-6H3/t16-,19-,25+/m0/s1. The van der Waals surface area contributed by atoms with E-state index in [1.165, 1.54) is 7.11 Å². The van der Waals surface area contributed by atoms with Gasteiger partial charge >= 0.3 is 12.1 Å². The van der Waals surface area contributed by atoms with E-state index in [2.05, 4.69) is 18.0 Å². The van der Waals surface area contributed by atoms with Crippen molar-refractivity contribution >= 4 is 17.7 Å². The van der Waals surface area contributed by atoms with Crippen molar-refractivity contribution in [3.05, 3.63) is 53.3 Å². The van der Waals surface area contributed by atoms with Crippen LogP contribution in [0.1, 0.15) is 52.5 Å². The predicted octanol–water partition coefficient (Wildman–Crippen LogP) is 4.77. The molecule has 166 valence electrons. The Kier molecular flexibility index (Phi) is 5.15. The Balaban J connectivity index is 1.90. The van der Waals surface area contributed by atoms with Gasteiger partial charge in [-0.15, -0.1) is 0 Å². The van der Waals surface area contributed by atoms with Crippen molar-refractivity contribution < 1.29 is 19.1 Å². The van der Waals surface area contributed by atoms with Gasteiger partial charge in [-0.3, -0.25) is 0 Å². The summed E-state index contributed by atoms with van der Waals surface area (Å²) in [5, 5.41) is 3.54. The van der Waals surface area contributed by atoms with Gasteiger partial charge in [0.1, 0.15) is 5.60 Å². The van der Waals surface area contributed by atoms with E-state index in [1.54, 1.807) is 0 Å². The van der Waals surface area contributed by atoms with Gasteiger partial charge in [-0.05, 0) is 51.7 Å². The number of benzene rings is 1. The summed E-state index contributed by atoms with van der Waals surface area (Å²) in [5.41, 5.74) is 3.54. The highest BCUT2D eigenvalue weighted by atomic mass is 16.6. The van der Waals surface area contributed by atoms with E-state index in [0.717, 1.165) is 35.4 Å². The smallest absolute Gasteiger partial charge is 0.410 e. The molecule has 1 aliphatic carbocycles. The van der Waals surface area contributed by atoms with E-state index in [4.69, 9.17) is 9.47 Å². The van der Waals surface area contributed by atoms with Gasteiger partial charge in [0.2, 0.25) is 0 Å². The van der Waals surface area contributed by atoms with Crippen LogP contribution in [0.5, 0.6) is 0 Å². The summed E-state index contributed by atoms with van der Waals surface area (Å²) in [5.74, 6) is -0.515. The molecule has 0 aromatic heterocycles. The molecule has 1 fully saturated rings. The first kappa shape index (κ1) is 21.5. The Morgan fingerprint density at radius 1 is 1.29 bits per heavy atom. The molecule has 2 aliphatic heterocycles. The second-order valence-electron chi connectivity index (χ2n) is 9.66. The normalized spacial score (nSPS) is 26.5. The maximum atomic E-state index is 13.2. The van der Waals surface area contributed by atoms with Gasteiger partial charge in [0.25, 0.3) is 0 Å². The third kappa shape index (κ3) is 3.24. The Morgan fingerprint density at radius 2 is 2.00 bits per heavy atom. The molecule has 3 aliphatic rings. The Labute approximate surface area is 184 Å². The highest BCUT2D eigenvalue weighted by molar-refractivity contribution is 5.94. The highest BCUT2D eigenvalue weighted by Crippen LogP contribution is 2.59. The maximum absolute atomic E-state index is 13.2. The molecule has 0 unspecified atom stereocenters. The van der Waals surface area contributed by atoms with Crippen LogP contribution in [0.4, 0.5) is 10.5 Å². The van der Waals surface area contributed by atoms with Crippen LogP contribution in [0.15, 0.2) is 47.7 Å². The van der Waals surface area contributed by atoms with E-state index >= 15 is 0 Å². The summed E-state index contributed by atoms with van der Waals surface area (Å²) in [7, 11) is 1.42. The summed E-state index contributed by atoms with van der Waals surface area (Å²) >= 11 is 0. The number of hydrogen-bond acceptors (Lipinski definition) is 5. The average molecular weight is 425 g/mol. The average Bonchev–Trinajstić information content (AvgIpc) is 3.27. The zero-order valence-electron chi connectivity index (χ0n) is 19.1. The second kappa shape index (κ2) is 7.43. The number of amides is 1. The van der Waals surface area contributed by atoms with Crippen LogP contribution < -0.4 is 5.32 Å². The van der Waals surface area contributed by atoms with Crippen molar-refractivity contribution in [2.24, 2.45) is 5.92 Å². The zero-order valence-corrected chi connectivity index (χ0v) is 19.1. The van der Waals surface area contributed by atoms with Crippen molar-refractivity contribution in [3.63, 3.8) is 0 Å². The lowest BCUT2D eigenvalue weighted by Gasteiger charge is -2.44. The zero-order chi connectivity index (χ0) is 22.6. The molecule has 1 aromatic carbocycles. The van der Waals surface area contributed by atoms with Crippen LogP contribution in [0, 0.1) is 5.92 Å². The first-order valence-corrected chi connectivity index (χ1v) is 11.0. The molecular formula is C25H32N2O4. The molecule has 6 heteroatoms. The number of ether oxygens (including phenoxy) is 2. The number of nitrogens with zero attached hydrogens (tertiary/aromatic N) is 1. The Morgan fingerprint density at radius 3 is 2.65 bits per heavy atom. The van der Waals surface area contributed by atoms with Crippen molar-refractivity contribution in [2.45, 2.75) is 64.0 Å². The number of rotatable bonds is 3. The minimum absolute atomic E-state index is 0.129. The highest BCUT2D eigenvalue weighted by Gasteiger charge is 2.61. The first-order chi connectivity index (χ1) is 14.6. The monoisotopic (exact) mass is 424 g/mol. The SMILES string of the molecule is C=C(CC)[C@@H]1C[C@@H]2N(C(=O)OC(C)(C)C)CC[C@]23C(=C1C(=O)OC)Nc1ccccc13. The molecule has 0 saturated carbocycles. The van der Waals surface area contributed by atoms with Crippen molar-refractivity contribution in [1.29, 1.82) is 0 Å². The quantitative estimate of drug-likeness (QED) is 0.559. The number of carbonyl (C=O) groups excluding carboxylic acids is 2. The van der Waals surface area contributed by atoms with E-state index in [0.29, 0.717) is 18.5 Å². The third-order valence-electron chi connectivity index (χ3n) is 6.86. The molecule has 0 bridgehead atoms. The predicted molar refractivity (Wildman–Crippen MR) is 120 cm³/mol. The van der Waals surface area contributed by atoms with E-state index in [1.807, 2.05) is 50.8 Å². The van der Waals surface area contributed by atoms with Gasteiger partial charge in [-0.2, -0.15) is 0 Å². The van der Waals surface area contributed by atoms with E-state index in [-0.39, 0.29) is 24.0 Å². The number of nitrogens with one attached hydrogen (secondary N) is 1. The second-order valence-corrected chi connectivity index (χ2v) is 9.66. The number of para-hydroxylation sites is 1. The lowest BCUT2D eigenvalue weighted by molar-refractivity contribution is -0.137. The molecule has 1 spiro atoms. The molecule has 1 amide bonds. The van der Waals surface area contributed by atoms with Crippen LogP contribution >= 0.6 is 0 Å². The molecule has 1 saturated heterocycles. The number of fused-ring (bicyclic) bond motifs is 1. The molecule has 31 heavy (non-hydrogen) atoms. The first-order valence-electron chi connectivity index (χ1n) is 11.0. The number of methoxy groups -OCH3 is 1. The van der Waals surface area contributed by atoms with Gasteiger partial charge in [0, 0.05) is 23.8 Å². The molecule has 1 aromatic rings. The molecular weight excluding hydrogens is 392 g/mol. The fourth-order valence-electron chi connectivity index (χ4n) is 5.52. The van der Waals surface area contributed by atoms with Crippen LogP contribution in [-0.4, -0.2) is 42.3 Å². The fraction of sp³-hybridized carbons (Fsp3) is 0.520. The number of esters is 1. The lowest BCUT2D eigenvalue weighted by Crippen LogP contribution is -2.51. The van der Waals surface area contributed by atoms with Crippen molar-refractivity contribution in [2.75, 3.05) is 19.0 Å². The van der Waals surface area contributed by atoms with Gasteiger partial charge in [0.15, 0.2) is 0 Å². The molecule has 0 radical (unpaired) electrons. The molecule has 1 N–H and O–H groups in total. The van der Waals surface area contributed by atoms with E-state index in [9.17, 15) is 9.59 Å². The summed E-state index contributed by atoms with van der Waals surface area (Å²) in [6.07, 6.45) is 1.79. The molecule has 2 heterocycles. The number of likely N-dealkylation sites (tertiary alicyclic amines) is 1. The third-order valence-corrected chi connectivity index (χ3v) is 6.86. The largest absolute Gasteiger partial charge is 0.466 e. The van der Waals surface area contributed by atoms with Gasteiger partial charge in [-0.25, -0.2) is 9.59 Å². The lowest BCUT2D eigenvalue weighted by atomic mass is 9.63. The van der Waals surface area contributed by atoms with Gasteiger partial charge < -0.3 is 19.7 Å². The summed E-state index contributed by atoms with van der Waals surface area (Å²) in [4.78, 5) is 28.1. The Hall–Kier alpha value is -2.76. The Bertz CT molecular complexity index is 974. The van der Waals surface area contributed by atoms with Crippen LogP contribution in [-0.2, 0) is 19.7 Å². The summed E-state index contributed by atoms with van der Waals surface area (Å²) in [6, 6.07) is 8.00. The van der Waals surface area contributed by atoms with Crippen molar-refractivity contribution in [1.82, 2.24) is 4.90 Å². The summed E-state index contributed by atoms with van der Waals surface area (Å²) < 4.78 is 11.0. The minimum Gasteiger partial charge on any atom is -0.466 e. The number of hydrogen-bond donors (Lipinski definition) is 1. The number of carbonyl (C=O) groups is 2. The van der Waals surface area contributed by atoms with Crippen LogP contribution in [0.2, 0.25) is 0 Å². The number of allylic oxidation sites excluding steroid dienone is 1. The number of anilines is 1. The van der Waals surface area contributed by atoms with Crippen LogP contribution in [0.25, 0.3) is 0 Å². The maximum Gasteiger partial charge on any atom is 0.410 e. The minimum atomic E-state index is -0.574. The van der Waals surface area contributed by atoms with Gasteiger partial charge in [-0.1, -0.05) is 37.3 Å². The molecule has 3 atom stereocenters. The summed E-state index contributed by atoms with van der Waals surface area (Å²) in [6.45, 7) is 12.5. The van der Waals surface area contributed by atoms with Crippen LogP contribution in [0.3, 0.4) is 0 Å². The fourth-order valence-corrected chi connectivity index (χ4v) is 5.52. The topological polar surface area (TPSA) is 67.9 Å². The van der Waals surface area contributed by atoms with Crippen molar-refractivity contribution in [3.8, 4) is 0 Å². The molecule has 4 rings (SSSR count). The molecule has 6 nitrogen and oxygen atoms in total.